The zero-order chi connectivity index (χ0) is 22.1. The van der Waals surface area contributed by atoms with Gasteiger partial charge in [0.1, 0.15) is 0 Å². The molecule has 31 heavy (non-hydrogen) atoms. The van der Waals surface area contributed by atoms with Crippen LogP contribution in [0.15, 0.2) is 57.8 Å². The molecule has 0 bridgehead atoms. The van der Waals surface area contributed by atoms with Gasteiger partial charge in [0.15, 0.2) is 10.3 Å². The van der Waals surface area contributed by atoms with Gasteiger partial charge in [0.05, 0.1) is 22.3 Å². The molecule has 2 heterocycles. The number of thiazole rings is 1. The van der Waals surface area contributed by atoms with Gasteiger partial charge < -0.3 is 0 Å². The minimum absolute atomic E-state index is 0.0741. The molecule has 0 aliphatic rings. The van der Waals surface area contributed by atoms with Crippen LogP contribution in [0.3, 0.4) is 0 Å². The van der Waals surface area contributed by atoms with Gasteiger partial charge in [-0.05, 0) is 36.8 Å². The summed E-state index contributed by atoms with van der Waals surface area (Å²) in [4.78, 5) is 35.8. The van der Waals surface area contributed by atoms with Gasteiger partial charge in [-0.2, -0.15) is 0 Å². The van der Waals surface area contributed by atoms with Gasteiger partial charge in [0.25, 0.3) is 5.56 Å². The molecule has 0 aliphatic carbocycles. The first kappa shape index (κ1) is 21.5. The summed E-state index contributed by atoms with van der Waals surface area (Å²) in [6.07, 6.45) is 0. The SMILES string of the molecule is CC(=O)N(C)c1nc(CSc2nc3ccccc3c(=O)n2-c2cccc(Cl)c2C)cs1. The number of aromatic nitrogens is 3. The van der Waals surface area contributed by atoms with Gasteiger partial charge in [0, 0.05) is 30.1 Å². The lowest BCUT2D eigenvalue weighted by Crippen LogP contribution is -2.23. The monoisotopic (exact) mass is 470 g/mol. The molecule has 0 fully saturated rings. The van der Waals surface area contributed by atoms with Gasteiger partial charge in [-0.3, -0.25) is 19.1 Å². The Morgan fingerprint density at radius 3 is 2.74 bits per heavy atom. The second-order valence-electron chi connectivity index (χ2n) is 6.92. The number of anilines is 1. The fraction of sp³-hybridized carbons (Fsp3) is 0.182. The molecule has 4 aromatic rings. The summed E-state index contributed by atoms with van der Waals surface area (Å²) in [5.41, 5.74) is 2.82. The number of carbonyl (C=O) groups excluding carboxylic acids is 1. The average Bonchev–Trinajstić information content (AvgIpc) is 3.23. The van der Waals surface area contributed by atoms with E-state index in [9.17, 15) is 9.59 Å². The largest absolute Gasteiger partial charge is 0.292 e. The quantitative estimate of drug-likeness (QED) is 0.300. The Kier molecular flexibility index (Phi) is 6.13. The van der Waals surface area contributed by atoms with Crippen molar-refractivity contribution in [2.45, 2.75) is 24.8 Å². The molecule has 0 unspecified atom stereocenters. The average molecular weight is 471 g/mol. The van der Waals surface area contributed by atoms with E-state index in [0.717, 1.165) is 11.3 Å². The van der Waals surface area contributed by atoms with E-state index < -0.39 is 0 Å². The van der Waals surface area contributed by atoms with Crippen LogP contribution in [0.5, 0.6) is 0 Å². The molecule has 9 heteroatoms. The van der Waals surface area contributed by atoms with Crippen LogP contribution in [0, 0.1) is 6.92 Å². The molecule has 0 spiro atoms. The Hall–Kier alpha value is -2.68. The van der Waals surface area contributed by atoms with Crippen molar-refractivity contribution < 1.29 is 4.79 Å². The lowest BCUT2D eigenvalue weighted by molar-refractivity contribution is -0.116. The van der Waals surface area contributed by atoms with Crippen molar-refractivity contribution >= 4 is 56.6 Å². The first-order valence-electron chi connectivity index (χ1n) is 9.45. The van der Waals surface area contributed by atoms with Crippen molar-refractivity contribution in [2.75, 3.05) is 11.9 Å². The Morgan fingerprint density at radius 1 is 1.19 bits per heavy atom. The first-order valence-corrected chi connectivity index (χ1v) is 11.7. The molecule has 0 radical (unpaired) electrons. The topological polar surface area (TPSA) is 68.1 Å². The molecule has 6 nitrogen and oxygen atoms in total. The van der Waals surface area contributed by atoms with Crippen LogP contribution in [0.1, 0.15) is 18.2 Å². The van der Waals surface area contributed by atoms with Crippen molar-refractivity contribution in [3.8, 4) is 5.69 Å². The number of amides is 1. The molecule has 0 aliphatic heterocycles. The number of rotatable bonds is 5. The van der Waals surface area contributed by atoms with E-state index >= 15 is 0 Å². The third-order valence-corrected chi connectivity index (χ3v) is 7.22. The Morgan fingerprint density at radius 2 is 1.97 bits per heavy atom. The van der Waals surface area contributed by atoms with E-state index in [1.165, 1.54) is 34.9 Å². The standard InChI is InChI=1S/C22H19ClN4O2S2/c1-13-17(23)8-6-10-19(13)27-20(29)16-7-4-5-9-18(16)25-22(27)31-12-15-11-30-21(24-15)26(3)14(2)28/h4-11H,12H2,1-3H3. The number of thioether (sulfide) groups is 1. The highest BCUT2D eigenvalue weighted by molar-refractivity contribution is 7.98. The predicted octanol–water partition coefficient (Wildman–Crippen LogP) is 5.08. The maximum atomic E-state index is 13.4. The Balaban J connectivity index is 1.77. The zero-order valence-corrected chi connectivity index (χ0v) is 19.5. The number of hydrogen-bond acceptors (Lipinski definition) is 6. The Labute approximate surface area is 192 Å². The summed E-state index contributed by atoms with van der Waals surface area (Å²) in [6, 6.07) is 12.8. The summed E-state index contributed by atoms with van der Waals surface area (Å²) in [5, 5.41) is 4.24. The van der Waals surface area contributed by atoms with Gasteiger partial charge in [0.2, 0.25) is 5.91 Å². The van der Waals surface area contributed by atoms with E-state index in [-0.39, 0.29) is 11.5 Å². The minimum Gasteiger partial charge on any atom is -0.292 e. The summed E-state index contributed by atoms with van der Waals surface area (Å²) >= 11 is 9.16. The van der Waals surface area contributed by atoms with Crippen molar-refractivity contribution in [3.63, 3.8) is 0 Å². The number of fused-ring (bicyclic) bond motifs is 1. The number of carbonyl (C=O) groups is 1. The van der Waals surface area contributed by atoms with Crippen LogP contribution in [0.4, 0.5) is 5.13 Å². The van der Waals surface area contributed by atoms with Crippen LogP contribution in [0.2, 0.25) is 5.02 Å². The fourth-order valence-electron chi connectivity index (χ4n) is 3.05. The molecule has 0 saturated heterocycles. The number of hydrogen-bond donors (Lipinski definition) is 0. The van der Waals surface area contributed by atoms with E-state index in [4.69, 9.17) is 16.6 Å². The van der Waals surface area contributed by atoms with Gasteiger partial charge in [-0.15, -0.1) is 11.3 Å². The third kappa shape index (κ3) is 4.23. The smallest absolute Gasteiger partial charge is 0.266 e. The number of nitrogens with zero attached hydrogens (tertiary/aromatic N) is 4. The molecule has 0 saturated carbocycles. The molecular formula is C22H19ClN4O2S2. The van der Waals surface area contributed by atoms with E-state index in [1.807, 2.05) is 42.6 Å². The molecule has 4 rings (SSSR count). The predicted molar refractivity (Wildman–Crippen MR) is 128 cm³/mol. The maximum absolute atomic E-state index is 13.4. The molecule has 158 valence electrons. The van der Waals surface area contributed by atoms with Gasteiger partial charge >= 0.3 is 0 Å². The van der Waals surface area contributed by atoms with Crippen molar-refractivity contribution in [3.05, 3.63) is 74.5 Å². The number of para-hydroxylation sites is 1. The lowest BCUT2D eigenvalue weighted by Gasteiger charge is -2.15. The maximum Gasteiger partial charge on any atom is 0.266 e. The summed E-state index contributed by atoms with van der Waals surface area (Å²) in [7, 11) is 1.70. The zero-order valence-electron chi connectivity index (χ0n) is 17.1. The summed E-state index contributed by atoms with van der Waals surface area (Å²) in [5.74, 6) is 0.433. The Bertz CT molecular complexity index is 1350. The molecular weight excluding hydrogens is 452 g/mol. The highest BCUT2D eigenvalue weighted by atomic mass is 35.5. The van der Waals surface area contributed by atoms with Gasteiger partial charge in [-0.25, -0.2) is 9.97 Å². The van der Waals surface area contributed by atoms with Crippen LogP contribution in [-0.2, 0) is 10.5 Å². The number of halogens is 1. The van der Waals surface area contributed by atoms with Crippen LogP contribution >= 0.6 is 34.7 Å². The molecule has 0 atom stereocenters. The number of benzene rings is 2. The van der Waals surface area contributed by atoms with Crippen molar-refractivity contribution in [1.29, 1.82) is 0 Å². The van der Waals surface area contributed by atoms with E-state index in [2.05, 4.69) is 4.98 Å². The van der Waals surface area contributed by atoms with E-state index in [0.29, 0.717) is 37.7 Å². The fourth-order valence-corrected chi connectivity index (χ4v) is 5.06. The second-order valence-corrected chi connectivity index (χ2v) is 9.11. The van der Waals surface area contributed by atoms with Crippen LogP contribution < -0.4 is 10.5 Å². The highest BCUT2D eigenvalue weighted by Gasteiger charge is 2.17. The van der Waals surface area contributed by atoms with Crippen molar-refractivity contribution in [1.82, 2.24) is 14.5 Å². The molecule has 0 N–H and O–H groups in total. The van der Waals surface area contributed by atoms with Crippen molar-refractivity contribution in [2.24, 2.45) is 0 Å². The summed E-state index contributed by atoms with van der Waals surface area (Å²) < 4.78 is 1.61. The van der Waals surface area contributed by atoms with Crippen LogP contribution in [0.25, 0.3) is 16.6 Å². The molecule has 2 aromatic heterocycles. The van der Waals surface area contributed by atoms with Crippen LogP contribution in [-0.4, -0.2) is 27.5 Å². The molecule has 2 aromatic carbocycles. The lowest BCUT2D eigenvalue weighted by atomic mass is 10.2. The first-order chi connectivity index (χ1) is 14.9. The highest BCUT2D eigenvalue weighted by Crippen LogP contribution is 2.29. The summed E-state index contributed by atoms with van der Waals surface area (Å²) in [6.45, 7) is 3.39. The minimum atomic E-state index is -0.145. The third-order valence-electron chi connectivity index (χ3n) is 4.87. The van der Waals surface area contributed by atoms with E-state index in [1.54, 1.807) is 23.7 Å². The molecule has 1 amide bonds. The second kappa shape index (κ2) is 8.82. The normalized spacial score (nSPS) is 11.1. The van der Waals surface area contributed by atoms with Gasteiger partial charge in [-0.1, -0.05) is 41.6 Å².